The topological polar surface area (TPSA) is 51.2 Å². The molecule has 0 radical (unpaired) electrons. The Labute approximate surface area is 174 Å². The molecule has 0 saturated carbocycles. The third-order valence-electron chi connectivity index (χ3n) is 5.26. The molecule has 6 nitrogen and oxygen atoms in total. The number of rotatable bonds is 4. The van der Waals surface area contributed by atoms with Gasteiger partial charge < -0.3 is 20.0 Å². The van der Waals surface area contributed by atoms with Crippen molar-refractivity contribution in [2.45, 2.75) is 19.9 Å². The third kappa shape index (κ3) is 4.33. The van der Waals surface area contributed by atoms with Gasteiger partial charge in [-0.15, -0.1) is 22.7 Å². The van der Waals surface area contributed by atoms with E-state index >= 15 is 0 Å². The van der Waals surface area contributed by atoms with Crippen molar-refractivity contribution < 1.29 is 4.79 Å². The maximum atomic E-state index is 12.7. The van der Waals surface area contributed by atoms with Crippen LogP contribution in [0, 0.1) is 0 Å². The number of thiophene rings is 2. The molecule has 2 aliphatic rings. The van der Waals surface area contributed by atoms with Crippen LogP contribution in [-0.4, -0.2) is 67.5 Å². The number of guanidine groups is 1. The summed E-state index contributed by atoms with van der Waals surface area (Å²) in [5.74, 6) is 0.972. The fourth-order valence-electron chi connectivity index (χ4n) is 3.72. The summed E-state index contributed by atoms with van der Waals surface area (Å²) >= 11 is 3.58. The highest BCUT2D eigenvalue weighted by molar-refractivity contribution is 7.14. The summed E-state index contributed by atoms with van der Waals surface area (Å²) in [5.41, 5.74) is 1.30. The minimum Gasteiger partial charge on any atom is -0.360 e. The first-order valence-corrected chi connectivity index (χ1v) is 11.6. The molecule has 1 N–H and O–H groups in total. The standard InChI is InChI=1S/C20H27N5OS2/c1-2-21-20(24-10-8-23(9-11-24)19-4-3-12-28-19)22-14-18(26)25-7-5-17-16(15-25)6-13-27-17/h3-4,6,12-13H,2,5,7-11,14-15H2,1H3,(H,21,22). The van der Waals surface area contributed by atoms with E-state index in [0.29, 0.717) is 0 Å². The lowest BCUT2D eigenvalue weighted by molar-refractivity contribution is -0.130. The zero-order chi connectivity index (χ0) is 19.3. The second-order valence-corrected chi connectivity index (χ2v) is 8.96. The van der Waals surface area contributed by atoms with E-state index in [1.807, 2.05) is 4.90 Å². The molecule has 0 aromatic carbocycles. The van der Waals surface area contributed by atoms with Gasteiger partial charge >= 0.3 is 0 Å². The lowest BCUT2D eigenvalue weighted by Gasteiger charge is -2.37. The number of fused-ring (bicyclic) bond motifs is 1. The Morgan fingerprint density at radius 2 is 1.96 bits per heavy atom. The Bertz CT molecular complexity index is 808. The van der Waals surface area contributed by atoms with Crippen LogP contribution in [0.1, 0.15) is 17.4 Å². The first-order chi connectivity index (χ1) is 13.7. The van der Waals surface area contributed by atoms with Gasteiger partial charge in [0.25, 0.3) is 0 Å². The van der Waals surface area contributed by atoms with Crippen molar-refractivity contribution in [2.24, 2.45) is 4.99 Å². The molecule has 0 unspecified atom stereocenters. The predicted octanol–water partition coefficient (Wildman–Crippen LogP) is 2.48. The molecule has 1 saturated heterocycles. The Hall–Kier alpha value is -2.06. The summed E-state index contributed by atoms with van der Waals surface area (Å²) in [6.45, 7) is 8.41. The van der Waals surface area contributed by atoms with Gasteiger partial charge in [0.05, 0.1) is 5.00 Å². The molecule has 8 heteroatoms. The van der Waals surface area contributed by atoms with Crippen LogP contribution < -0.4 is 10.2 Å². The molecule has 4 rings (SSSR count). The Morgan fingerprint density at radius 1 is 1.11 bits per heavy atom. The number of aliphatic imine (C=N–C) groups is 1. The molecule has 1 fully saturated rings. The van der Waals surface area contributed by atoms with Crippen LogP contribution in [-0.2, 0) is 17.8 Å². The fourth-order valence-corrected chi connectivity index (χ4v) is 5.39. The van der Waals surface area contributed by atoms with Crippen molar-refractivity contribution in [3.05, 3.63) is 39.4 Å². The SMILES string of the molecule is CCNC(=NCC(=O)N1CCc2sccc2C1)N1CCN(c2cccs2)CC1. The van der Waals surface area contributed by atoms with Crippen molar-refractivity contribution >= 4 is 39.5 Å². The molecule has 150 valence electrons. The zero-order valence-corrected chi connectivity index (χ0v) is 17.9. The van der Waals surface area contributed by atoms with E-state index in [4.69, 9.17) is 0 Å². The van der Waals surface area contributed by atoms with Gasteiger partial charge in [-0.1, -0.05) is 0 Å². The van der Waals surface area contributed by atoms with Crippen LogP contribution in [0.4, 0.5) is 5.00 Å². The number of piperazine rings is 1. The van der Waals surface area contributed by atoms with Gasteiger partial charge in [0.2, 0.25) is 5.91 Å². The molecule has 2 aromatic rings. The van der Waals surface area contributed by atoms with E-state index in [2.05, 4.69) is 56.0 Å². The minimum atomic E-state index is 0.115. The highest BCUT2D eigenvalue weighted by Crippen LogP contribution is 2.24. The molecule has 0 aliphatic carbocycles. The fraction of sp³-hybridized carbons (Fsp3) is 0.500. The number of anilines is 1. The van der Waals surface area contributed by atoms with Gasteiger partial charge in [-0.2, -0.15) is 0 Å². The van der Waals surface area contributed by atoms with E-state index in [-0.39, 0.29) is 12.5 Å². The summed E-state index contributed by atoms with van der Waals surface area (Å²) in [7, 11) is 0. The van der Waals surface area contributed by atoms with Gasteiger partial charge in [0.15, 0.2) is 5.96 Å². The van der Waals surface area contributed by atoms with E-state index < -0.39 is 0 Å². The number of carbonyl (C=O) groups excluding carboxylic acids is 1. The van der Waals surface area contributed by atoms with Gasteiger partial charge in [0.1, 0.15) is 6.54 Å². The number of carbonyl (C=O) groups is 1. The number of hydrogen-bond donors (Lipinski definition) is 1. The summed E-state index contributed by atoms with van der Waals surface area (Å²) in [5, 5.41) is 8.94. The van der Waals surface area contributed by atoms with Crippen LogP contribution in [0.25, 0.3) is 0 Å². The van der Waals surface area contributed by atoms with E-state index in [1.165, 1.54) is 15.4 Å². The largest absolute Gasteiger partial charge is 0.360 e. The molecule has 0 atom stereocenters. The first kappa shape index (κ1) is 19.3. The number of nitrogens with one attached hydrogen (secondary N) is 1. The lowest BCUT2D eigenvalue weighted by atomic mass is 10.1. The highest BCUT2D eigenvalue weighted by Gasteiger charge is 2.23. The van der Waals surface area contributed by atoms with Crippen molar-refractivity contribution in [3.8, 4) is 0 Å². The molecule has 2 aromatic heterocycles. The third-order valence-corrected chi connectivity index (χ3v) is 7.21. The van der Waals surface area contributed by atoms with Crippen LogP contribution in [0.5, 0.6) is 0 Å². The summed E-state index contributed by atoms with van der Waals surface area (Å²) in [4.78, 5) is 25.4. The molecule has 1 amide bonds. The van der Waals surface area contributed by atoms with E-state index in [1.54, 1.807) is 22.7 Å². The molecule has 4 heterocycles. The maximum Gasteiger partial charge on any atom is 0.244 e. The molecule has 2 aliphatic heterocycles. The number of hydrogen-bond acceptors (Lipinski definition) is 5. The monoisotopic (exact) mass is 417 g/mol. The molecule has 28 heavy (non-hydrogen) atoms. The van der Waals surface area contributed by atoms with Crippen molar-refractivity contribution in [1.29, 1.82) is 0 Å². The lowest BCUT2D eigenvalue weighted by Crippen LogP contribution is -2.52. The van der Waals surface area contributed by atoms with Gasteiger partial charge in [-0.25, -0.2) is 4.99 Å². The van der Waals surface area contributed by atoms with Crippen molar-refractivity contribution in [3.63, 3.8) is 0 Å². The second-order valence-electron chi connectivity index (χ2n) is 7.03. The highest BCUT2D eigenvalue weighted by atomic mass is 32.1. The average molecular weight is 418 g/mol. The number of amides is 1. The molecular weight excluding hydrogens is 390 g/mol. The zero-order valence-electron chi connectivity index (χ0n) is 16.3. The van der Waals surface area contributed by atoms with Crippen LogP contribution in [0.15, 0.2) is 34.0 Å². The van der Waals surface area contributed by atoms with Crippen LogP contribution in [0.3, 0.4) is 0 Å². The quantitative estimate of drug-likeness (QED) is 0.613. The van der Waals surface area contributed by atoms with E-state index in [0.717, 1.165) is 58.2 Å². The van der Waals surface area contributed by atoms with Crippen LogP contribution >= 0.6 is 22.7 Å². The summed E-state index contributed by atoms with van der Waals surface area (Å²) in [6, 6.07) is 6.42. The van der Waals surface area contributed by atoms with Crippen molar-refractivity contribution in [1.82, 2.24) is 15.1 Å². The Morgan fingerprint density at radius 3 is 2.71 bits per heavy atom. The average Bonchev–Trinajstić information content (AvgIpc) is 3.42. The predicted molar refractivity (Wildman–Crippen MR) is 118 cm³/mol. The minimum absolute atomic E-state index is 0.115. The second kappa shape index (κ2) is 8.96. The van der Waals surface area contributed by atoms with Crippen LogP contribution in [0.2, 0.25) is 0 Å². The Balaban J connectivity index is 1.34. The smallest absolute Gasteiger partial charge is 0.244 e. The first-order valence-electron chi connectivity index (χ1n) is 9.89. The summed E-state index contributed by atoms with van der Waals surface area (Å²) in [6.07, 6.45) is 0.965. The Kier molecular flexibility index (Phi) is 6.17. The van der Waals surface area contributed by atoms with Gasteiger partial charge in [-0.3, -0.25) is 4.79 Å². The van der Waals surface area contributed by atoms with Gasteiger partial charge in [-0.05, 0) is 47.9 Å². The number of nitrogens with zero attached hydrogens (tertiary/aromatic N) is 4. The normalized spacial score (nSPS) is 17.6. The van der Waals surface area contributed by atoms with Crippen molar-refractivity contribution in [2.75, 3.05) is 50.7 Å². The maximum absolute atomic E-state index is 12.7. The van der Waals surface area contributed by atoms with Gasteiger partial charge in [0, 0.05) is 50.7 Å². The molecule has 0 spiro atoms. The molecule has 0 bridgehead atoms. The molecular formula is C20H27N5OS2. The summed E-state index contributed by atoms with van der Waals surface area (Å²) < 4.78 is 0. The van der Waals surface area contributed by atoms with E-state index in [9.17, 15) is 4.79 Å².